The summed E-state index contributed by atoms with van der Waals surface area (Å²) in [6.45, 7) is 1.49. The van der Waals surface area contributed by atoms with E-state index in [4.69, 9.17) is 11.6 Å². The Bertz CT molecular complexity index is 354. The van der Waals surface area contributed by atoms with E-state index in [9.17, 15) is 4.79 Å². The molecule has 0 fully saturated rings. The number of Topliss-reactive ketones (excluding diaryl/α,β-unsaturated/α-hetero) is 1. The van der Waals surface area contributed by atoms with E-state index in [0.717, 1.165) is 16.0 Å². The van der Waals surface area contributed by atoms with Crippen molar-refractivity contribution in [1.29, 1.82) is 0 Å². The van der Waals surface area contributed by atoms with Crippen LogP contribution in [0.25, 0.3) is 0 Å². The maximum absolute atomic E-state index is 11.2. The normalized spacial score (nSPS) is 12.6. The number of alkyl halides is 2. The average Bonchev–Trinajstić information content (AvgIpc) is 2.16. The van der Waals surface area contributed by atoms with Crippen LogP contribution in [0.5, 0.6) is 0 Å². The van der Waals surface area contributed by atoms with Crippen molar-refractivity contribution in [2.45, 2.75) is 22.5 Å². The van der Waals surface area contributed by atoms with E-state index in [0.29, 0.717) is 5.33 Å². The van der Waals surface area contributed by atoms with E-state index in [-0.39, 0.29) is 5.78 Å². The summed E-state index contributed by atoms with van der Waals surface area (Å²) in [4.78, 5) is 12.0. The molecule has 0 aliphatic carbocycles. The van der Waals surface area contributed by atoms with Gasteiger partial charge in [0.1, 0.15) is 5.38 Å². The molecular weight excluding hydrogens is 284 g/mol. The summed E-state index contributed by atoms with van der Waals surface area (Å²) >= 11 is 13.7. The minimum absolute atomic E-state index is 0.0483. The maximum atomic E-state index is 11.2. The standard InChI is InChI=1S/C10H10BrClOS/c1-6(13)10(12)7-3-2-4-9(14)8(7)5-11/h2-4,10,14H,5H2,1H3. The molecular formula is C10H10BrClOS. The van der Waals surface area contributed by atoms with Crippen LogP contribution in [0.15, 0.2) is 23.1 Å². The molecule has 0 radical (unpaired) electrons. The van der Waals surface area contributed by atoms with Gasteiger partial charge in [-0.25, -0.2) is 0 Å². The van der Waals surface area contributed by atoms with Crippen LogP contribution in [0.3, 0.4) is 0 Å². The Balaban J connectivity index is 3.20. The van der Waals surface area contributed by atoms with Gasteiger partial charge >= 0.3 is 0 Å². The Labute approximate surface area is 102 Å². The molecule has 0 heterocycles. The largest absolute Gasteiger partial charge is 0.298 e. The summed E-state index contributed by atoms with van der Waals surface area (Å²) in [7, 11) is 0. The van der Waals surface area contributed by atoms with Gasteiger partial charge in [0.2, 0.25) is 0 Å². The molecule has 4 heteroatoms. The van der Waals surface area contributed by atoms with Crippen LogP contribution < -0.4 is 0 Å². The molecule has 0 bridgehead atoms. The predicted molar refractivity (Wildman–Crippen MR) is 65.6 cm³/mol. The molecule has 1 aromatic rings. The molecule has 0 N–H and O–H groups in total. The highest BCUT2D eigenvalue weighted by atomic mass is 79.9. The molecule has 0 saturated carbocycles. The fraction of sp³-hybridized carbons (Fsp3) is 0.300. The molecule has 0 aliphatic heterocycles. The molecule has 0 spiro atoms. The van der Waals surface area contributed by atoms with Gasteiger partial charge in [0, 0.05) is 10.2 Å². The second-order valence-corrected chi connectivity index (χ2v) is 4.43. The van der Waals surface area contributed by atoms with Gasteiger partial charge in [-0.1, -0.05) is 28.1 Å². The Hall–Kier alpha value is 0.01000. The van der Waals surface area contributed by atoms with E-state index >= 15 is 0 Å². The van der Waals surface area contributed by atoms with Gasteiger partial charge < -0.3 is 0 Å². The highest BCUT2D eigenvalue weighted by Gasteiger charge is 2.17. The SMILES string of the molecule is CC(=O)C(Cl)c1cccc(S)c1CBr. The Morgan fingerprint density at radius 1 is 1.64 bits per heavy atom. The van der Waals surface area contributed by atoms with Gasteiger partial charge in [0.25, 0.3) is 0 Å². The minimum Gasteiger partial charge on any atom is -0.298 e. The second-order valence-electron chi connectivity index (χ2n) is 2.95. The number of benzene rings is 1. The maximum Gasteiger partial charge on any atom is 0.152 e. The molecule has 1 nitrogen and oxygen atoms in total. The first-order chi connectivity index (χ1) is 6.57. The third kappa shape index (κ3) is 2.53. The third-order valence-corrected chi connectivity index (χ3v) is 3.47. The summed E-state index contributed by atoms with van der Waals surface area (Å²) in [5.41, 5.74) is 1.81. The lowest BCUT2D eigenvalue weighted by Crippen LogP contribution is -2.04. The number of rotatable bonds is 3. The van der Waals surface area contributed by atoms with Crippen LogP contribution in [0, 0.1) is 0 Å². The first kappa shape index (κ1) is 12.1. The molecule has 1 aromatic carbocycles. The van der Waals surface area contributed by atoms with Gasteiger partial charge in [-0.2, -0.15) is 0 Å². The van der Waals surface area contributed by atoms with Crippen LogP contribution in [0.1, 0.15) is 23.4 Å². The van der Waals surface area contributed by atoms with Crippen LogP contribution in [0.2, 0.25) is 0 Å². The number of halogens is 2. The number of carbonyl (C=O) groups excluding carboxylic acids is 1. The monoisotopic (exact) mass is 292 g/mol. The number of carbonyl (C=O) groups is 1. The lowest BCUT2D eigenvalue weighted by Gasteiger charge is -2.12. The van der Waals surface area contributed by atoms with Crippen molar-refractivity contribution in [3.8, 4) is 0 Å². The van der Waals surface area contributed by atoms with Crippen LogP contribution >= 0.6 is 40.2 Å². The molecule has 1 rings (SSSR count). The molecule has 76 valence electrons. The predicted octanol–water partition coefficient (Wildman–Crippen LogP) is 3.74. The minimum atomic E-state index is -0.574. The van der Waals surface area contributed by atoms with E-state index in [1.54, 1.807) is 0 Å². The summed E-state index contributed by atoms with van der Waals surface area (Å²) in [5.74, 6) is -0.0483. The van der Waals surface area contributed by atoms with Gasteiger partial charge in [0.15, 0.2) is 5.78 Å². The highest BCUT2D eigenvalue weighted by Crippen LogP contribution is 2.30. The molecule has 14 heavy (non-hydrogen) atoms. The molecule has 0 amide bonds. The van der Waals surface area contributed by atoms with E-state index < -0.39 is 5.38 Å². The topological polar surface area (TPSA) is 17.1 Å². The van der Waals surface area contributed by atoms with Crippen molar-refractivity contribution < 1.29 is 4.79 Å². The van der Waals surface area contributed by atoms with Crippen molar-refractivity contribution in [3.63, 3.8) is 0 Å². The highest BCUT2D eigenvalue weighted by molar-refractivity contribution is 9.08. The van der Waals surface area contributed by atoms with Gasteiger partial charge in [-0.3, -0.25) is 4.79 Å². The molecule has 0 aliphatic rings. The Morgan fingerprint density at radius 2 is 2.29 bits per heavy atom. The van der Waals surface area contributed by atoms with E-state index in [1.165, 1.54) is 6.92 Å². The van der Waals surface area contributed by atoms with Crippen molar-refractivity contribution in [2.75, 3.05) is 0 Å². The van der Waals surface area contributed by atoms with Crippen LogP contribution in [-0.2, 0) is 10.1 Å². The zero-order valence-corrected chi connectivity index (χ0v) is 10.9. The van der Waals surface area contributed by atoms with Crippen LogP contribution in [0.4, 0.5) is 0 Å². The van der Waals surface area contributed by atoms with E-state index in [2.05, 4.69) is 28.6 Å². The summed E-state index contributed by atoms with van der Waals surface area (Å²) in [6, 6.07) is 5.59. The van der Waals surface area contributed by atoms with Crippen LogP contribution in [-0.4, -0.2) is 5.78 Å². The van der Waals surface area contributed by atoms with Crippen molar-refractivity contribution in [3.05, 3.63) is 29.3 Å². The molecule has 0 aromatic heterocycles. The first-order valence-electron chi connectivity index (χ1n) is 4.09. The zero-order valence-electron chi connectivity index (χ0n) is 7.63. The summed E-state index contributed by atoms with van der Waals surface area (Å²) < 4.78 is 0. The lowest BCUT2D eigenvalue weighted by atomic mass is 10.0. The Morgan fingerprint density at radius 3 is 2.79 bits per heavy atom. The number of hydrogen-bond acceptors (Lipinski definition) is 2. The van der Waals surface area contributed by atoms with E-state index in [1.807, 2.05) is 18.2 Å². The van der Waals surface area contributed by atoms with Gasteiger partial charge in [0.05, 0.1) is 0 Å². The third-order valence-electron chi connectivity index (χ3n) is 1.95. The number of ketones is 1. The van der Waals surface area contributed by atoms with Gasteiger partial charge in [-0.15, -0.1) is 24.2 Å². The first-order valence-corrected chi connectivity index (χ1v) is 6.09. The van der Waals surface area contributed by atoms with Crippen molar-refractivity contribution in [2.24, 2.45) is 0 Å². The van der Waals surface area contributed by atoms with Crippen molar-refractivity contribution >= 4 is 45.9 Å². The fourth-order valence-corrected chi connectivity index (χ4v) is 2.54. The Kier molecular flexibility index (Phi) is 4.48. The molecule has 1 unspecified atom stereocenters. The summed E-state index contributed by atoms with van der Waals surface area (Å²) in [5, 5.41) is 0.0769. The number of hydrogen-bond donors (Lipinski definition) is 1. The fourth-order valence-electron chi connectivity index (χ4n) is 1.19. The number of thiol groups is 1. The zero-order chi connectivity index (χ0) is 10.7. The lowest BCUT2D eigenvalue weighted by molar-refractivity contribution is -0.116. The summed E-state index contributed by atoms with van der Waals surface area (Å²) in [6.07, 6.45) is 0. The second kappa shape index (κ2) is 5.19. The smallest absolute Gasteiger partial charge is 0.152 e. The molecule has 1 atom stereocenters. The quantitative estimate of drug-likeness (QED) is 0.663. The molecule has 0 saturated heterocycles. The van der Waals surface area contributed by atoms with Gasteiger partial charge in [-0.05, 0) is 24.1 Å². The average molecular weight is 294 g/mol. The van der Waals surface area contributed by atoms with Crippen molar-refractivity contribution in [1.82, 2.24) is 0 Å².